The van der Waals surface area contributed by atoms with Gasteiger partial charge in [-0.3, -0.25) is 9.48 Å². The molecule has 2 heterocycles. The quantitative estimate of drug-likeness (QED) is 0.939. The van der Waals surface area contributed by atoms with Crippen molar-refractivity contribution in [2.24, 2.45) is 0 Å². The fourth-order valence-corrected chi connectivity index (χ4v) is 2.67. The molecule has 0 radical (unpaired) electrons. The first-order valence-corrected chi connectivity index (χ1v) is 7.73. The van der Waals surface area contributed by atoms with E-state index in [1.165, 1.54) is 0 Å². The number of carbonyl (C=O) groups is 1. The average Bonchev–Trinajstić information content (AvgIpc) is 2.84. The maximum Gasteiger partial charge on any atom is 0.242 e. The van der Waals surface area contributed by atoms with Crippen LogP contribution in [0.1, 0.15) is 29.9 Å². The Bertz CT molecular complexity index is 724. The number of nitrogens with zero attached hydrogens (tertiary/aromatic N) is 2. The van der Waals surface area contributed by atoms with Crippen LogP contribution in [0.3, 0.4) is 0 Å². The molecule has 1 aromatic carbocycles. The summed E-state index contributed by atoms with van der Waals surface area (Å²) in [4.78, 5) is 12.2. The van der Waals surface area contributed by atoms with Crippen molar-refractivity contribution in [1.82, 2.24) is 15.1 Å². The van der Waals surface area contributed by atoms with Gasteiger partial charge in [-0.2, -0.15) is 5.10 Å². The van der Waals surface area contributed by atoms with E-state index in [0.717, 1.165) is 28.5 Å². The van der Waals surface area contributed by atoms with Gasteiger partial charge >= 0.3 is 0 Å². The molecule has 1 aromatic heterocycles. The summed E-state index contributed by atoms with van der Waals surface area (Å²) in [5, 5.41) is 7.30. The van der Waals surface area contributed by atoms with E-state index in [-0.39, 0.29) is 18.5 Å². The molecule has 6 heteroatoms. The number of rotatable bonds is 4. The predicted octanol–water partition coefficient (Wildman–Crippen LogP) is 2.15. The number of hydrogen-bond acceptors (Lipinski definition) is 4. The zero-order chi connectivity index (χ0) is 16.4. The van der Waals surface area contributed by atoms with Crippen LogP contribution in [0.15, 0.2) is 24.3 Å². The van der Waals surface area contributed by atoms with Crippen LogP contribution < -0.4 is 14.8 Å². The summed E-state index contributed by atoms with van der Waals surface area (Å²) in [6.07, 6.45) is 0. The van der Waals surface area contributed by atoms with Crippen molar-refractivity contribution < 1.29 is 14.3 Å². The summed E-state index contributed by atoms with van der Waals surface area (Å²) < 4.78 is 12.8. The first-order chi connectivity index (χ1) is 11.0. The lowest BCUT2D eigenvalue weighted by Gasteiger charge is -2.21. The number of hydrogen-bond donors (Lipinski definition) is 1. The average molecular weight is 315 g/mol. The van der Waals surface area contributed by atoms with Gasteiger partial charge < -0.3 is 14.8 Å². The standard InChI is InChI=1S/C17H21N3O3/c1-11-8-12(2)20(19-11)10-17(21)18-13(3)14-4-5-15-16(9-14)23-7-6-22-15/h4-5,8-9,13H,6-7,10H2,1-3H3,(H,18,21). The highest BCUT2D eigenvalue weighted by molar-refractivity contribution is 5.76. The van der Waals surface area contributed by atoms with Crippen molar-refractivity contribution in [3.8, 4) is 11.5 Å². The van der Waals surface area contributed by atoms with E-state index in [4.69, 9.17) is 9.47 Å². The highest BCUT2D eigenvalue weighted by Crippen LogP contribution is 2.32. The van der Waals surface area contributed by atoms with Gasteiger partial charge in [0.1, 0.15) is 19.8 Å². The molecule has 0 saturated heterocycles. The topological polar surface area (TPSA) is 65.4 Å². The van der Waals surface area contributed by atoms with Crippen molar-refractivity contribution in [1.29, 1.82) is 0 Å². The first kappa shape index (κ1) is 15.4. The fraction of sp³-hybridized carbons (Fsp3) is 0.412. The molecule has 122 valence electrons. The Kier molecular flexibility index (Phi) is 4.23. The zero-order valence-electron chi connectivity index (χ0n) is 13.6. The molecule has 1 unspecified atom stereocenters. The van der Waals surface area contributed by atoms with Gasteiger partial charge in [0.25, 0.3) is 0 Å². The molecule has 1 aliphatic rings. The number of benzene rings is 1. The van der Waals surface area contributed by atoms with Gasteiger partial charge in [-0.05, 0) is 44.5 Å². The van der Waals surface area contributed by atoms with Crippen LogP contribution in [-0.4, -0.2) is 28.9 Å². The highest BCUT2D eigenvalue weighted by Gasteiger charge is 2.16. The Hall–Kier alpha value is -2.50. The van der Waals surface area contributed by atoms with E-state index in [9.17, 15) is 4.79 Å². The third-order valence-electron chi connectivity index (χ3n) is 3.84. The summed E-state index contributed by atoms with van der Waals surface area (Å²) in [6.45, 7) is 7.15. The lowest BCUT2D eigenvalue weighted by Crippen LogP contribution is -2.30. The molecule has 1 N–H and O–H groups in total. The third kappa shape index (κ3) is 3.47. The lowest BCUT2D eigenvalue weighted by molar-refractivity contribution is -0.122. The number of amides is 1. The maximum absolute atomic E-state index is 12.2. The van der Waals surface area contributed by atoms with Crippen molar-refractivity contribution in [3.63, 3.8) is 0 Å². The Morgan fingerprint density at radius 1 is 1.26 bits per heavy atom. The molecule has 0 fully saturated rings. The molecule has 0 aliphatic carbocycles. The van der Waals surface area contributed by atoms with E-state index >= 15 is 0 Å². The molecule has 6 nitrogen and oxygen atoms in total. The van der Waals surface area contributed by atoms with Crippen LogP contribution in [0.25, 0.3) is 0 Å². The Morgan fingerprint density at radius 2 is 2.00 bits per heavy atom. The fourth-order valence-electron chi connectivity index (χ4n) is 2.67. The number of aryl methyl sites for hydroxylation is 2. The molecule has 0 bridgehead atoms. The van der Waals surface area contributed by atoms with Crippen molar-refractivity contribution in [2.75, 3.05) is 13.2 Å². The zero-order valence-corrected chi connectivity index (χ0v) is 13.6. The van der Waals surface area contributed by atoms with Gasteiger partial charge in [0, 0.05) is 5.69 Å². The molecule has 2 aromatic rings. The van der Waals surface area contributed by atoms with E-state index < -0.39 is 0 Å². The van der Waals surface area contributed by atoms with Gasteiger partial charge in [0.2, 0.25) is 5.91 Å². The van der Waals surface area contributed by atoms with E-state index in [1.54, 1.807) is 4.68 Å². The first-order valence-electron chi connectivity index (χ1n) is 7.73. The molecule has 23 heavy (non-hydrogen) atoms. The van der Waals surface area contributed by atoms with Gasteiger partial charge in [-0.1, -0.05) is 6.07 Å². The number of fused-ring (bicyclic) bond motifs is 1. The number of aromatic nitrogens is 2. The Morgan fingerprint density at radius 3 is 2.70 bits per heavy atom. The minimum absolute atomic E-state index is 0.0708. The Labute approximate surface area is 135 Å². The molecular weight excluding hydrogens is 294 g/mol. The molecule has 0 spiro atoms. The van der Waals surface area contributed by atoms with Crippen LogP contribution >= 0.6 is 0 Å². The summed E-state index contributed by atoms with van der Waals surface area (Å²) >= 11 is 0. The van der Waals surface area contributed by atoms with Gasteiger partial charge in [-0.25, -0.2) is 0 Å². The van der Waals surface area contributed by atoms with Crippen LogP contribution in [0.2, 0.25) is 0 Å². The van der Waals surface area contributed by atoms with Crippen LogP contribution in [0.4, 0.5) is 0 Å². The number of nitrogens with one attached hydrogen (secondary N) is 1. The van der Waals surface area contributed by atoms with E-state index in [1.807, 2.05) is 45.0 Å². The SMILES string of the molecule is Cc1cc(C)n(CC(=O)NC(C)c2ccc3c(c2)OCCO3)n1. The molecule has 1 aliphatic heterocycles. The molecule has 1 amide bonds. The molecule has 1 atom stereocenters. The maximum atomic E-state index is 12.2. The van der Waals surface area contributed by atoms with Crippen LogP contribution in [-0.2, 0) is 11.3 Å². The second-order valence-electron chi connectivity index (χ2n) is 5.78. The normalized spacial score (nSPS) is 14.4. The van der Waals surface area contributed by atoms with E-state index in [2.05, 4.69) is 10.4 Å². The number of ether oxygens (including phenoxy) is 2. The molecule has 0 saturated carbocycles. The van der Waals surface area contributed by atoms with Crippen LogP contribution in [0.5, 0.6) is 11.5 Å². The summed E-state index contributed by atoms with van der Waals surface area (Å²) in [5.74, 6) is 1.41. The second-order valence-corrected chi connectivity index (χ2v) is 5.78. The smallest absolute Gasteiger partial charge is 0.242 e. The minimum Gasteiger partial charge on any atom is -0.486 e. The number of carbonyl (C=O) groups excluding carboxylic acids is 1. The van der Waals surface area contributed by atoms with Gasteiger partial charge in [0.05, 0.1) is 11.7 Å². The minimum atomic E-state index is -0.115. The largest absolute Gasteiger partial charge is 0.486 e. The molecular formula is C17H21N3O3. The summed E-state index contributed by atoms with van der Waals surface area (Å²) in [7, 11) is 0. The van der Waals surface area contributed by atoms with E-state index in [0.29, 0.717) is 13.2 Å². The summed E-state index contributed by atoms with van der Waals surface area (Å²) in [6, 6.07) is 7.59. The van der Waals surface area contributed by atoms with Crippen molar-refractivity contribution >= 4 is 5.91 Å². The third-order valence-corrected chi connectivity index (χ3v) is 3.84. The van der Waals surface area contributed by atoms with Gasteiger partial charge in [-0.15, -0.1) is 0 Å². The van der Waals surface area contributed by atoms with Crippen molar-refractivity contribution in [2.45, 2.75) is 33.4 Å². The Balaban J connectivity index is 1.65. The van der Waals surface area contributed by atoms with Crippen LogP contribution in [0, 0.1) is 13.8 Å². The molecule has 3 rings (SSSR count). The highest BCUT2D eigenvalue weighted by atomic mass is 16.6. The monoisotopic (exact) mass is 315 g/mol. The predicted molar refractivity (Wildman–Crippen MR) is 85.7 cm³/mol. The second kappa shape index (κ2) is 6.32. The van der Waals surface area contributed by atoms with Gasteiger partial charge in [0.15, 0.2) is 11.5 Å². The lowest BCUT2D eigenvalue weighted by atomic mass is 10.1. The van der Waals surface area contributed by atoms with Crippen molar-refractivity contribution in [3.05, 3.63) is 41.2 Å². The summed E-state index contributed by atoms with van der Waals surface area (Å²) in [5.41, 5.74) is 2.87.